The van der Waals surface area contributed by atoms with E-state index in [1.165, 1.54) is 0 Å². The molecule has 0 saturated carbocycles. The second kappa shape index (κ2) is 10.0. The summed E-state index contributed by atoms with van der Waals surface area (Å²) in [4.78, 5) is 0. The molecule has 0 aliphatic carbocycles. The highest BCUT2D eigenvalue weighted by molar-refractivity contribution is 6.31. The topological polar surface area (TPSA) is 39.7 Å². The Morgan fingerprint density at radius 2 is 1.95 bits per heavy atom. The summed E-state index contributed by atoms with van der Waals surface area (Å²) in [7, 11) is 1.65. The van der Waals surface area contributed by atoms with Gasteiger partial charge in [0, 0.05) is 24.2 Å². The summed E-state index contributed by atoms with van der Waals surface area (Å²) >= 11 is 6.18. The first-order valence-electron chi connectivity index (χ1n) is 6.47. The van der Waals surface area contributed by atoms with Gasteiger partial charge in [-0.2, -0.15) is 0 Å². The van der Waals surface area contributed by atoms with Gasteiger partial charge in [-0.1, -0.05) is 24.6 Å². The third kappa shape index (κ3) is 6.25. The zero-order chi connectivity index (χ0) is 13.9. The summed E-state index contributed by atoms with van der Waals surface area (Å²) in [5.74, 6) is 0.809. The second-order valence-corrected chi connectivity index (χ2v) is 4.36. The molecular weight excluding hydrogens is 266 g/mol. The minimum absolute atomic E-state index is 0.503. The average Bonchev–Trinajstić information content (AvgIpc) is 2.42. The van der Waals surface area contributed by atoms with Crippen LogP contribution in [0.1, 0.15) is 12.5 Å². The molecule has 0 fully saturated rings. The molecule has 19 heavy (non-hydrogen) atoms. The van der Waals surface area contributed by atoms with Crippen molar-refractivity contribution in [3.05, 3.63) is 28.8 Å². The number of ether oxygens (including phenoxy) is 3. The molecule has 1 aromatic carbocycles. The Hall–Kier alpha value is -0.810. The van der Waals surface area contributed by atoms with Crippen LogP contribution >= 0.6 is 11.6 Å². The fourth-order valence-corrected chi connectivity index (χ4v) is 1.78. The van der Waals surface area contributed by atoms with Crippen LogP contribution in [0.3, 0.4) is 0 Å². The van der Waals surface area contributed by atoms with Gasteiger partial charge in [-0.25, -0.2) is 0 Å². The molecule has 0 spiro atoms. The van der Waals surface area contributed by atoms with Crippen LogP contribution in [0, 0.1) is 0 Å². The lowest BCUT2D eigenvalue weighted by Crippen LogP contribution is -2.15. The first kappa shape index (κ1) is 16.2. The van der Waals surface area contributed by atoms with Crippen molar-refractivity contribution in [3.8, 4) is 5.75 Å². The highest BCUT2D eigenvalue weighted by atomic mass is 35.5. The van der Waals surface area contributed by atoms with Crippen LogP contribution in [0.4, 0.5) is 0 Å². The third-order valence-electron chi connectivity index (χ3n) is 2.54. The van der Waals surface area contributed by atoms with Crippen molar-refractivity contribution in [2.45, 2.75) is 13.5 Å². The molecule has 1 N–H and O–H groups in total. The van der Waals surface area contributed by atoms with Gasteiger partial charge in [-0.3, -0.25) is 0 Å². The van der Waals surface area contributed by atoms with Crippen molar-refractivity contribution < 1.29 is 14.2 Å². The van der Waals surface area contributed by atoms with Gasteiger partial charge in [0.05, 0.1) is 19.8 Å². The third-order valence-corrected chi connectivity index (χ3v) is 2.90. The van der Waals surface area contributed by atoms with Crippen LogP contribution in [0.25, 0.3) is 0 Å². The summed E-state index contributed by atoms with van der Waals surface area (Å²) in [5, 5.41) is 3.97. The van der Waals surface area contributed by atoms with Crippen LogP contribution < -0.4 is 10.1 Å². The molecule has 0 aliphatic heterocycles. The maximum Gasteiger partial charge on any atom is 0.125 e. The van der Waals surface area contributed by atoms with E-state index in [4.69, 9.17) is 25.8 Å². The predicted molar refractivity (Wildman–Crippen MR) is 77.0 cm³/mol. The molecule has 108 valence electrons. The number of benzene rings is 1. The van der Waals surface area contributed by atoms with Crippen molar-refractivity contribution in [1.82, 2.24) is 5.32 Å². The Morgan fingerprint density at radius 1 is 1.16 bits per heavy atom. The summed E-state index contributed by atoms with van der Waals surface area (Å²) in [6.45, 7) is 5.88. The van der Waals surface area contributed by atoms with Gasteiger partial charge < -0.3 is 19.5 Å². The lowest BCUT2D eigenvalue weighted by Gasteiger charge is -2.13. The van der Waals surface area contributed by atoms with Crippen LogP contribution in [-0.4, -0.2) is 40.1 Å². The largest absolute Gasteiger partial charge is 0.491 e. The summed E-state index contributed by atoms with van der Waals surface area (Å²) in [6.07, 6.45) is 0. The number of hydrogen-bond donors (Lipinski definition) is 1. The zero-order valence-corrected chi connectivity index (χ0v) is 12.3. The van der Waals surface area contributed by atoms with E-state index in [0.29, 0.717) is 33.0 Å². The fourth-order valence-electron chi connectivity index (χ4n) is 1.55. The molecule has 4 nitrogen and oxygen atoms in total. The fraction of sp³-hybridized carbons (Fsp3) is 0.571. The number of hydrogen-bond acceptors (Lipinski definition) is 4. The van der Waals surface area contributed by atoms with E-state index < -0.39 is 0 Å². The van der Waals surface area contributed by atoms with Crippen molar-refractivity contribution in [2.75, 3.05) is 40.1 Å². The monoisotopic (exact) mass is 287 g/mol. The van der Waals surface area contributed by atoms with Gasteiger partial charge in [-0.05, 0) is 18.7 Å². The van der Waals surface area contributed by atoms with E-state index in [1.54, 1.807) is 7.11 Å². The average molecular weight is 288 g/mol. The first-order chi connectivity index (χ1) is 9.29. The molecule has 0 bridgehead atoms. The standard InChI is InChI=1S/C14H22ClNO3/c1-3-16-11-12-13(15)5-4-6-14(12)19-10-9-18-8-7-17-2/h4-6,16H,3,7-11H2,1-2H3. The normalized spacial score (nSPS) is 10.7. The SMILES string of the molecule is CCNCc1c(Cl)cccc1OCCOCCOC. The summed E-state index contributed by atoms with van der Waals surface area (Å²) in [5.41, 5.74) is 0.989. The number of rotatable bonds is 10. The van der Waals surface area contributed by atoms with Crippen molar-refractivity contribution >= 4 is 11.6 Å². The molecule has 0 saturated heterocycles. The van der Waals surface area contributed by atoms with E-state index >= 15 is 0 Å². The van der Waals surface area contributed by atoms with Crippen molar-refractivity contribution in [3.63, 3.8) is 0 Å². The minimum atomic E-state index is 0.503. The number of methoxy groups -OCH3 is 1. The molecule has 1 aromatic rings. The Kier molecular flexibility index (Phi) is 8.58. The van der Waals surface area contributed by atoms with Gasteiger partial charge in [0.15, 0.2) is 0 Å². The lowest BCUT2D eigenvalue weighted by molar-refractivity contribution is 0.0542. The molecular formula is C14H22ClNO3. The van der Waals surface area contributed by atoms with E-state index in [9.17, 15) is 0 Å². The van der Waals surface area contributed by atoms with E-state index in [1.807, 2.05) is 18.2 Å². The molecule has 0 unspecified atom stereocenters. The molecule has 0 aliphatic rings. The quantitative estimate of drug-likeness (QED) is 0.671. The van der Waals surface area contributed by atoms with Crippen LogP contribution in [0.2, 0.25) is 5.02 Å². The smallest absolute Gasteiger partial charge is 0.125 e. The van der Waals surface area contributed by atoms with Crippen LogP contribution in [0.15, 0.2) is 18.2 Å². The molecule has 1 rings (SSSR count). The van der Waals surface area contributed by atoms with Gasteiger partial charge in [0.25, 0.3) is 0 Å². The molecule has 0 heterocycles. The molecule has 5 heteroatoms. The Balaban J connectivity index is 2.41. The highest BCUT2D eigenvalue weighted by Crippen LogP contribution is 2.26. The first-order valence-corrected chi connectivity index (χ1v) is 6.85. The lowest BCUT2D eigenvalue weighted by atomic mass is 10.2. The van der Waals surface area contributed by atoms with Crippen LogP contribution in [-0.2, 0) is 16.0 Å². The number of nitrogens with one attached hydrogen (secondary N) is 1. The Morgan fingerprint density at radius 3 is 2.68 bits per heavy atom. The predicted octanol–water partition coefficient (Wildman–Crippen LogP) is 2.49. The molecule has 0 aromatic heterocycles. The van der Waals surface area contributed by atoms with Crippen LogP contribution in [0.5, 0.6) is 5.75 Å². The second-order valence-electron chi connectivity index (χ2n) is 3.95. The van der Waals surface area contributed by atoms with Gasteiger partial charge in [0.1, 0.15) is 12.4 Å². The van der Waals surface area contributed by atoms with E-state index in [0.717, 1.165) is 22.9 Å². The van der Waals surface area contributed by atoms with Gasteiger partial charge in [0.2, 0.25) is 0 Å². The van der Waals surface area contributed by atoms with Crippen molar-refractivity contribution in [2.24, 2.45) is 0 Å². The summed E-state index contributed by atoms with van der Waals surface area (Å²) in [6, 6.07) is 5.68. The van der Waals surface area contributed by atoms with E-state index in [-0.39, 0.29) is 0 Å². The minimum Gasteiger partial charge on any atom is -0.491 e. The molecule has 0 radical (unpaired) electrons. The number of halogens is 1. The molecule has 0 atom stereocenters. The zero-order valence-electron chi connectivity index (χ0n) is 11.6. The maximum absolute atomic E-state index is 6.18. The highest BCUT2D eigenvalue weighted by Gasteiger charge is 2.07. The van der Waals surface area contributed by atoms with Gasteiger partial charge in [-0.15, -0.1) is 0 Å². The Labute approximate surface area is 120 Å². The summed E-state index contributed by atoms with van der Waals surface area (Å²) < 4.78 is 15.9. The van der Waals surface area contributed by atoms with E-state index in [2.05, 4.69) is 12.2 Å². The Bertz CT molecular complexity index is 361. The maximum atomic E-state index is 6.18. The van der Waals surface area contributed by atoms with Gasteiger partial charge >= 0.3 is 0 Å². The van der Waals surface area contributed by atoms with Crippen molar-refractivity contribution in [1.29, 1.82) is 0 Å². The molecule has 0 amide bonds.